The monoisotopic (exact) mass is 385 g/mol. The summed E-state index contributed by atoms with van der Waals surface area (Å²) in [5.74, 6) is 0.154. The van der Waals surface area contributed by atoms with Crippen molar-refractivity contribution >= 4 is 44.5 Å². The van der Waals surface area contributed by atoms with Gasteiger partial charge >= 0.3 is 0 Å². The second-order valence-electron chi connectivity index (χ2n) is 4.95. The van der Waals surface area contributed by atoms with Crippen LogP contribution in [0, 0.1) is 0 Å². The van der Waals surface area contributed by atoms with E-state index in [-0.39, 0.29) is 5.91 Å². The summed E-state index contributed by atoms with van der Waals surface area (Å²) in [6, 6.07) is 3.83. The predicted octanol–water partition coefficient (Wildman–Crippen LogP) is 3.32. The van der Waals surface area contributed by atoms with Crippen LogP contribution < -0.4 is 0 Å². The van der Waals surface area contributed by atoms with Crippen molar-refractivity contribution in [3.05, 3.63) is 37.4 Å². The van der Waals surface area contributed by atoms with Crippen LogP contribution in [0.15, 0.2) is 27.5 Å². The molecule has 1 amide bonds. The van der Waals surface area contributed by atoms with Crippen LogP contribution >= 0.6 is 38.6 Å². The number of rotatable bonds is 3. The molecule has 3 rings (SSSR count). The first-order chi connectivity index (χ1) is 10.2. The molecule has 1 saturated heterocycles. The van der Waals surface area contributed by atoms with Crippen LogP contribution in [0.4, 0.5) is 0 Å². The summed E-state index contributed by atoms with van der Waals surface area (Å²) < 4.78 is 1.01. The molecular weight excluding hydrogens is 370 g/mol. The molecule has 0 unspecified atom stereocenters. The molecule has 7 heteroatoms. The Balaban J connectivity index is 1.59. The third-order valence-corrected chi connectivity index (χ3v) is 5.88. The van der Waals surface area contributed by atoms with Crippen molar-refractivity contribution < 1.29 is 4.79 Å². The smallest absolute Gasteiger partial charge is 0.264 e. The van der Waals surface area contributed by atoms with Crippen LogP contribution in [-0.2, 0) is 6.54 Å². The van der Waals surface area contributed by atoms with Gasteiger partial charge in [-0.2, -0.15) is 0 Å². The Labute approximate surface area is 140 Å². The highest BCUT2D eigenvalue weighted by atomic mass is 79.9. The van der Waals surface area contributed by atoms with Crippen molar-refractivity contribution in [3.63, 3.8) is 0 Å². The Hall–Kier alpha value is -0.760. The van der Waals surface area contributed by atoms with Crippen molar-refractivity contribution in [1.82, 2.24) is 14.8 Å². The van der Waals surface area contributed by atoms with E-state index in [0.29, 0.717) is 0 Å². The highest BCUT2D eigenvalue weighted by Gasteiger charge is 2.21. The summed E-state index contributed by atoms with van der Waals surface area (Å²) in [7, 11) is 0. The average molecular weight is 386 g/mol. The van der Waals surface area contributed by atoms with E-state index < -0.39 is 0 Å². The van der Waals surface area contributed by atoms with E-state index in [1.54, 1.807) is 11.3 Å². The molecule has 0 radical (unpaired) electrons. The minimum Gasteiger partial charge on any atom is -0.337 e. The molecular formula is C14H16BrN3OS2. The first-order valence-corrected chi connectivity index (χ1v) is 9.36. The number of nitrogens with zero attached hydrogens (tertiary/aromatic N) is 3. The molecule has 0 spiro atoms. The van der Waals surface area contributed by atoms with Gasteiger partial charge in [0.25, 0.3) is 5.91 Å². The zero-order chi connectivity index (χ0) is 14.7. The van der Waals surface area contributed by atoms with Gasteiger partial charge in [-0.1, -0.05) is 0 Å². The number of halogens is 1. The molecule has 0 aromatic carbocycles. The molecule has 1 fully saturated rings. The lowest BCUT2D eigenvalue weighted by molar-refractivity contribution is 0.0766. The zero-order valence-electron chi connectivity index (χ0n) is 11.5. The van der Waals surface area contributed by atoms with Crippen LogP contribution in [-0.4, -0.2) is 46.9 Å². The molecule has 112 valence electrons. The quantitative estimate of drug-likeness (QED) is 0.812. The summed E-state index contributed by atoms with van der Waals surface area (Å²) in [4.78, 5) is 22.0. The van der Waals surface area contributed by atoms with Gasteiger partial charge in [-0.05, 0) is 34.5 Å². The van der Waals surface area contributed by atoms with Gasteiger partial charge in [0.2, 0.25) is 0 Å². The first-order valence-electron chi connectivity index (χ1n) is 6.88. The third-order valence-electron chi connectivity index (χ3n) is 3.50. The van der Waals surface area contributed by atoms with Gasteiger partial charge < -0.3 is 4.90 Å². The average Bonchev–Trinajstić information content (AvgIpc) is 3.07. The maximum Gasteiger partial charge on any atom is 0.264 e. The van der Waals surface area contributed by atoms with E-state index in [0.717, 1.165) is 52.8 Å². The number of aromatic nitrogens is 1. The molecule has 0 atom stereocenters. The molecule has 0 bridgehead atoms. The highest BCUT2D eigenvalue weighted by molar-refractivity contribution is 9.11. The maximum atomic E-state index is 12.5. The fourth-order valence-electron chi connectivity index (χ4n) is 2.44. The molecule has 3 heterocycles. The third kappa shape index (κ3) is 3.91. The van der Waals surface area contributed by atoms with Gasteiger partial charge in [-0.25, -0.2) is 4.98 Å². The van der Waals surface area contributed by atoms with E-state index in [1.807, 2.05) is 28.6 Å². The van der Waals surface area contributed by atoms with Crippen LogP contribution in [0.2, 0.25) is 0 Å². The number of carbonyl (C=O) groups is 1. The lowest BCUT2D eigenvalue weighted by atomic mass is 10.3. The minimum absolute atomic E-state index is 0.154. The first kappa shape index (κ1) is 15.1. The molecule has 0 aliphatic carbocycles. The molecule has 21 heavy (non-hydrogen) atoms. The van der Waals surface area contributed by atoms with Crippen molar-refractivity contribution in [2.75, 3.05) is 26.2 Å². The van der Waals surface area contributed by atoms with E-state index in [4.69, 9.17) is 0 Å². The van der Waals surface area contributed by atoms with E-state index in [2.05, 4.69) is 25.8 Å². The minimum atomic E-state index is 0.154. The number of carbonyl (C=O) groups excluding carboxylic acids is 1. The van der Waals surface area contributed by atoms with Crippen molar-refractivity contribution in [2.45, 2.75) is 13.0 Å². The number of hydrogen-bond acceptors (Lipinski definition) is 5. The van der Waals surface area contributed by atoms with Gasteiger partial charge in [0.15, 0.2) is 0 Å². The molecule has 0 N–H and O–H groups in total. The molecule has 2 aromatic rings. The Morgan fingerprint density at radius 1 is 1.29 bits per heavy atom. The fourth-order valence-corrected chi connectivity index (χ4v) is 4.45. The van der Waals surface area contributed by atoms with Crippen LogP contribution in [0.1, 0.15) is 21.1 Å². The van der Waals surface area contributed by atoms with Crippen LogP contribution in [0.5, 0.6) is 0 Å². The van der Waals surface area contributed by atoms with E-state index >= 15 is 0 Å². The zero-order valence-corrected chi connectivity index (χ0v) is 14.7. The molecule has 0 saturated carbocycles. The predicted molar refractivity (Wildman–Crippen MR) is 89.9 cm³/mol. The highest BCUT2D eigenvalue weighted by Crippen LogP contribution is 2.24. The normalized spacial score (nSPS) is 16.9. The van der Waals surface area contributed by atoms with Gasteiger partial charge in [-0.3, -0.25) is 9.69 Å². The Morgan fingerprint density at radius 3 is 2.90 bits per heavy atom. The van der Waals surface area contributed by atoms with Gasteiger partial charge in [0.1, 0.15) is 5.01 Å². The van der Waals surface area contributed by atoms with Crippen LogP contribution in [0.25, 0.3) is 0 Å². The summed E-state index contributed by atoms with van der Waals surface area (Å²) >= 11 is 6.61. The summed E-state index contributed by atoms with van der Waals surface area (Å²) in [5.41, 5.74) is 0. The van der Waals surface area contributed by atoms with Crippen molar-refractivity contribution in [3.8, 4) is 0 Å². The van der Waals surface area contributed by atoms with Crippen LogP contribution in [0.3, 0.4) is 0 Å². The Bertz CT molecular complexity index is 599. The Morgan fingerprint density at radius 2 is 2.19 bits per heavy atom. The topological polar surface area (TPSA) is 36.4 Å². The number of amides is 1. The van der Waals surface area contributed by atoms with Gasteiger partial charge in [0.05, 0.1) is 15.2 Å². The number of thiophene rings is 1. The van der Waals surface area contributed by atoms with Crippen molar-refractivity contribution in [1.29, 1.82) is 0 Å². The van der Waals surface area contributed by atoms with Crippen molar-refractivity contribution in [2.24, 2.45) is 0 Å². The van der Waals surface area contributed by atoms with E-state index in [1.165, 1.54) is 11.3 Å². The maximum absolute atomic E-state index is 12.5. The van der Waals surface area contributed by atoms with E-state index in [9.17, 15) is 4.79 Å². The summed E-state index contributed by atoms with van der Waals surface area (Å²) in [5, 5.41) is 3.16. The number of thiazole rings is 1. The standard InChI is InChI=1S/C14H16BrN3OS2/c15-12-3-2-11(21-12)14(19)18-6-1-5-17(7-8-18)10-13-16-4-9-20-13/h2-4,9H,1,5-8,10H2. The number of hydrogen-bond donors (Lipinski definition) is 0. The summed E-state index contributed by atoms with van der Waals surface area (Å²) in [6.45, 7) is 4.46. The molecule has 1 aliphatic heterocycles. The molecule has 1 aliphatic rings. The van der Waals surface area contributed by atoms with Gasteiger partial charge in [0, 0.05) is 37.8 Å². The Kier molecular flexibility index (Phi) is 5.05. The van der Waals surface area contributed by atoms with Gasteiger partial charge in [-0.15, -0.1) is 22.7 Å². The summed E-state index contributed by atoms with van der Waals surface area (Å²) in [6.07, 6.45) is 2.87. The SMILES string of the molecule is O=C(c1ccc(Br)s1)N1CCCN(Cc2nccs2)CC1. The molecule has 2 aromatic heterocycles. The lowest BCUT2D eigenvalue weighted by Crippen LogP contribution is -2.34. The second kappa shape index (κ2) is 7.00. The fraction of sp³-hybridized carbons (Fsp3) is 0.429. The largest absolute Gasteiger partial charge is 0.337 e. The molecule has 4 nitrogen and oxygen atoms in total. The lowest BCUT2D eigenvalue weighted by Gasteiger charge is -2.20. The second-order valence-corrected chi connectivity index (χ2v) is 8.39.